The summed E-state index contributed by atoms with van der Waals surface area (Å²) in [5, 5.41) is 5.52. The normalized spacial score (nSPS) is 23.6. The summed E-state index contributed by atoms with van der Waals surface area (Å²) in [5.74, 6) is 0.657. The molecule has 0 saturated carbocycles. The molecule has 1 amide bonds. The van der Waals surface area contributed by atoms with Crippen LogP contribution in [0.25, 0.3) is 10.8 Å². The highest BCUT2D eigenvalue weighted by atomic mass is 16.1. The third kappa shape index (κ3) is 2.40. The first-order valence-electron chi connectivity index (χ1n) is 10.7. The van der Waals surface area contributed by atoms with E-state index in [2.05, 4.69) is 79.0 Å². The lowest BCUT2D eigenvalue weighted by molar-refractivity contribution is -0.122. The lowest BCUT2D eigenvalue weighted by atomic mass is 9.54. The number of fused-ring (bicyclic) bond motifs is 2. The van der Waals surface area contributed by atoms with E-state index in [0.29, 0.717) is 0 Å². The summed E-state index contributed by atoms with van der Waals surface area (Å²) in [4.78, 5) is 13.7. The van der Waals surface area contributed by atoms with Gasteiger partial charge in [0.1, 0.15) is 0 Å². The number of carbonyl (C=O) groups excluding carboxylic acids is 1. The van der Waals surface area contributed by atoms with Crippen LogP contribution in [0.4, 0.5) is 5.69 Å². The highest BCUT2D eigenvalue weighted by Crippen LogP contribution is 2.58. The van der Waals surface area contributed by atoms with Crippen LogP contribution in [0, 0.1) is 11.8 Å². The second-order valence-corrected chi connectivity index (χ2v) is 8.61. The predicted octanol–water partition coefficient (Wildman–Crippen LogP) is 6.32. The van der Waals surface area contributed by atoms with Crippen LogP contribution < -0.4 is 5.32 Å². The molecule has 2 nitrogen and oxygen atoms in total. The summed E-state index contributed by atoms with van der Waals surface area (Å²) in [5.41, 5.74) is 6.31. The molecule has 0 spiro atoms. The molecule has 3 aliphatic carbocycles. The Hall–Kier alpha value is -3.39. The van der Waals surface area contributed by atoms with Crippen molar-refractivity contribution in [2.24, 2.45) is 11.8 Å². The van der Waals surface area contributed by atoms with Crippen molar-refractivity contribution in [2.75, 3.05) is 5.32 Å². The molecule has 4 aromatic rings. The molecule has 0 fully saturated rings. The first-order valence-corrected chi connectivity index (χ1v) is 10.7. The highest BCUT2D eigenvalue weighted by Gasteiger charge is 2.50. The van der Waals surface area contributed by atoms with Gasteiger partial charge in [-0.2, -0.15) is 0 Å². The number of hydrogen-bond acceptors (Lipinski definition) is 1. The van der Waals surface area contributed by atoms with Gasteiger partial charge >= 0.3 is 0 Å². The zero-order chi connectivity index (χ0) is 20.2. The number of rotatable bonds is 2. The van der Waals surface area contributed by atoms with Gasteiger partial charge in [0, 0.05) is 22.9 Å². The molecule has 0 radical (unpaired) electrons. The summed E-state index contributed by atoms with van der Waals surface area (Å²) in [6.07, 6.45) is 0. The molecule has 0 aromatic heterocycles. The maximum Gasteiger partial charge on any atom is 0.228 e. The quantitative estimate of drug-likeness (QED) is 0.427. The van der Waals surface area contributed by atoms with Gasteiger partial charge in [-0.05, 0) is 39.6 Å². The van der Waals surface area contributed by atoms with Gasteiger partial charge in [-0.3, -0.25) is 4.79 Å². The van der Waals surface area contributed by atoms with Crippen LogP contribution in [0.3, 0.4) is 0 Å². The number of anilines is 1. The third-order valence-corrected chi connectivity index (χ3v) is 7.13. The van der Waals surface area contributed by atoms with Crippen LogP contribution in [-0.2, 0) is 4.79 Å². The summed E-state index contributed by atoms with van der Waals surface area (Å²) in [6, 6.07) is 31.7. The standard InChI is InChI=1S/C28H23NO/c1-17-25-20-12-4-6-14-22(20)27(23-15-7-5-13-21(23)25)26(17)28(30)29-24-16-8-10-18-9-2-3-11-19(18)24/h2-17,25-27H,1H3,(H,29,30)/t17-,25?,26-,27?/m1/s1. The Labute approximate surface area is 176 Å². The van der Waals surface area contributed by atoms with Gasteiger partial charge in [0.15, 0.2) is 0 Å². The molecule has 0 heterocycles. The van der Waals surface area contributed by atoms with Gasteiger partial charge in [0.25, 0.3) is 0 Å². The Bertz CT molecular complexity index is 1240. The van der Waals surface area contributed by atoms with Gasteiger partial charge in [0.05, 0.1) is 5.92 Å². The Morgan fingerprint density at radius 1 is 0.667 bits per heavy atom. The lowest BCUT2D eigenvalue weighted by Crippen LogP contribution is -2.44. The molecule has 4 aromatic carbocycles. The number of amides is 1. The number of carbonyl (C=O) groups is 1. The van der Waals surface area contributed by atoms with E-state index in [0.717, 1.165) is 16.5 Å². The topological polar surface area (TPSA) is 29.1 Å². The molecule has 0 saturated heterocycles. The molecule has 30 heavy (non-hydrogen) atoms. The molecule has 2 bridgehead atoms. The van der Waals surface area contributed by atoms with E-state index in [4.69, 9.17) is 0 Å². The second kappa shape index (κ2) is 6.56. The van der Waals surface area contributed by atoms with E-state index in [9.17, 15) is 4.79 Å². The van der Waals surface area contributed by atoms with E-state index in [-0.39, 0.29) is 29.6 Å². The summed E-state index contributed by atoms with van der Waals surface area (Å²) in [7, 11) is 0. The fourth-order valence-electron chi connectivity index (χ4n) is 5.89. The minimum Gasteiger partial charge on any atom is -0.325 e. The fraction of sp³-hybridized carbons (Fsp3) is 0.179. The molecule has 146 valence electrons. The lowest BCUT2D eigenvalue weighted by Gasteiger charge is -2.49. The van der Waals surface area contributed by atoms with Gasteiger partial charge < -0.3 is 5.32 Å². The van der Waals surface area contributed by atoms with Crippen LogP contribution in [0.1, 0.15) is 41.0 Å². The van der Waals surface area contributed by atoms with Crippen molar-refractivity contribution in [3.05, 3.63) is 113 Å². The monoisotopic (exact) mass is 389 g/mol. The maximum absolute atomic E-state index is 13.7. The molecular formula is C28H23NO. The minimum atomic E-state index is -0.0845. The van der Waals surface area contributed by atoms with Crippen LogP contribution in [0.5, 0.6) is 0 Å². The number of nitrogens with one attached hydrogen (secondary N) is 1. The van der Waals surface area contributed by atoms with Crippen molar-refractivity contribution in [1.82, 2.24) is 0 Å². The average molecular weight is 389 g/mol. The average Bonchev–Trinajstić information content (AvgIpc) is 2.79. The molecule has 3 aliphatic rings. The van der Waals surface area contributed by atoms with Crippen molar-refractivity contribution >= 4 is 22.4 Å². The van der Waals surface area contributed by atoms with Gasteiger partial charge in [-0.15, -0.1) is 0 Å². The number of hydrogen-bond donors (Lipinski definition) is 1. The molecular weight excluding hydrogens is 366 g/mol. The van der Waals surface area contributed by atoms with E-state index >= 15 is 0 Å². The summed E-state index contributed by atoms with van der Waals surface area (Å²) < 4.78 is 0. The minimum absolute atomic E-state index is 0.0845. The van der Waals surface area contributed by atoms with Crippen molar-refractivity contribution in [2.45, 2.75) is 18.8 Å². The molecule has 0 unspecified atom stereocenters. The SMILES string of the molecule is C[C@@H]1C2c3ccccc3C(c3ccccc32)[C@@H]1C(=O)Nc1cccc2ccccc12. The predicted molar refractivity (Wildman–Crippen MR) is 122 cm³/mol. The largest absolute Gasteiger partial charge is 0.325 e. The Kier molecular flexibility index (Phi) is 3.82. The van der Waals surface area contributed by atoms with Crippen LogP contribution >= 0.6 is 0 Å². The first-order chi connectivity index (χ1) is 14.7. The summed E-state index contributed by atoms with van der Waals surface area (Å²) >= 11 is 0. The van der Waals surface area contributed by atoms with Crippen molar-refractivity contribution in [3.8, 4) is 0 Å². The zero-order valence-electron chi connectivity index (χ0n) is 16.9. The van der Waals surface area contributed by atoms with Crippen LogP contribution in [-0.4, -0.2) is 5.91 Å². The molecule has 1 N–H and O–H groups in total. The van der Waals surface area contributed by atoms with Crippen molar-refractivity contribution in [1.29, 1.82) is 0 Å². The van der Waals surface area contributed by atoms with Crippen molar-refractivity contribution in [3.63, 3.8) is 0 Å². The fourth-order valence-corrected chi connectivity index (χ4v) is 5.89. The molecule has 0 aliphatic heterocycles. The molecule has 2 heteroatoms. The number of benzene rings is 4. The Morgan fingerprint density at radius 2 is 1.20 bits per heavy atom. The first kappa shape index (κ1) is 17.5. The van der Waals surface area contributed by atoms with Gasteiger partial charge in [-0.1, -0.05) is 91.9 Å². The second-order valence-electron chi connectivity index (χ2n) is 8.61. The Balaban J connectivity index is 1.45. The van der Waals surface area contributed by atoms with E-state index in [1.807, 2.05) is 24.3 Å². The van der Waals surface area contributed by atoms with E-state index < -0.39 is 0 Å². The highest BCUT2D eigenvalue weighted by molar-refractivity contribution is 6.03. The molecule has 7 rings (SSSR count). The Morgan fingerprint density at radius 3 is 1.87 bits per heavy atom. The smallest absolute Gasteiger partial charge is 0.228 e. The van der Waals surface area contributed by atoms with Crippen molar-refractivity contribution < 1.29 is 4.79 Å². The molecule has 2 atom stereocenters. The van der Waals surface area contributed by atoms with Gasteiger partial charge in [-0.25, -0.2) is 0 Å². The summed E-state index contributed by atoms with van der Waals surface area (Å²) in [6.45, 7) is 2.25. The van der Waals surface area contributed by atoms with Crippen LogP contribution in [0.2, 0.25) is 0 Å². The van der Waals surface area contributed by atoms with Crippen LogP contribution in [0.15, 0.2) is 91.0 Å². The maximum atomic E-state index is 13.7. The third-order valence-electron chi connectivity index (χ3n) is 7.13. The zero-order valence-corrected chi connectivity index (χ0v) is 16.9. The van der Waals surface area contributed by atoms with Gasteiger partial charge in [0.2, 0.25) is 5.91 Å². The van der Waals surface area contributed by atoms with E-state index in [1.165, 1.54) is 22.3 Å². The van der Waals surface area contributed by atoms with E-state index in [1.54, 1.807) is 0 Å².